The van der Waals surface area contributed by atoms with Gasteiger partial charge in [0.2, 0.25) is 0 Å². The third-order valence-corrected chi connectivity index (χ3v) is 4.64. The van der Waals surface area contributed by atoms with Gasteiger partial charge in [-0.1, -0.05) is 50.4 Å². The molecular weight excluding hydrogens is 242 g/mol. The van der Waals surface area contributed by atoms with Gasteiger partial charge in [-0.05, 0) is 48.9 Å². The molecule has 0 heterocycles. The molecule has 1 fully saturated rings. The molecule has 1 unspecified atom stereocenters. The van der Waals surface area contributed by atoms with Crippen LogP contribution in [0.15, 0.2) is 24.3 Å². The van der Waals surface area contributed by atoms with E-state index in [0.29, 0.717) is 11.5 Å². The lowest BCUT2D eigenvalue weighted by molar-refractivity contribution is 0.222. The van der Waals surface area contributed by atoms with Crippen molar-refractivity contribution >= 4 is 11.6 Å². The molecule has 18 heavy (non-hydrogen) atoms. The highest BCUT2D eigenvalue weighted by atomic mass is 35.5. The molecule has 100 valence electrons. The zero-order valence-corrected chi connectivity index (χ0v) is 12.3. The molecule has 2 rings (SSSR count). The van der Waals surface area contributed by atoms with E-state index in [9.17, 15) is 0 Å². The molecule has 0 bridgehead atoms. The smallest absolute Gasteiger partial charge is 0.0406 e. The van der Waals surface area contributed by atoms with Crippen molar-refractivity contribution in [2.24, 2.45) is 5.41 Å². The van der Waals surface area contributed by atoms with Crippen molar-refractivity contribution < 1.29 is 0 Å². The molecule has 0 saturated heterocycles. The molecule has 1 aliphatic carbocycles. The fourth-order valence-electron chi connectivity index (χ4n) is 3.20. The van der Waals surface area contributed by atoms with Gasteiger partial charge in [-0.25, -0.2) is 0 Å². The summed E-state index contributed by atoms with van der Waals surface area (Å²) in [5.74, 6) is 0. The summed E-state index contributed by atoms with van der Waals surface area (Å²) < 4.78 is 0. The Morgan fingerprint density at radius 2 is 1.83 bits per heavy atom. The lowest BCUT2D eigenvalue weighted by Crippen LogP contribution is -2.43. The van der Waals surface area contributed by atoms with Crippen molar-refractivity contribution in [1.29, 1.82) is 0 Å². The summed E-state index contributed by atoms with van der Waals surface area (Å²) in [5.41, 5.74) is 1.86. The Balaban J connectivity index is 2.08. The van der Waals surface area contributed by atoms with Crippen molar-refractivity contribution in [3.05, 3.63) is 34.9 Å². The van der Waals surface area contributed by atoms with Crippen LogP contribution in [-0.4, -0.2) is 12.6 Å². The number of halogens is 1. The van der Waals surface area contributed by atoms with Crippen LogP contribution in [0.5, 0.6) is 0 Å². The van der Waals surface area contributed by atoms with Crippen LogP contribution in [0.4, 0.5) is 0 Å². The fourth-order valence-corrected chi connectivity index (χ4v) is 3.32. The standard InChI is InChI=1S/C16H24ClN/c1-3-18-15(16(2)10-4-5-11-16)12-13-6-8-14(17)9-7-13/h6-9,15,18H,3-5,10-12H2,1-2H3. The summed E-state index contributed by atoms with van der Waals surface area (Å²) >= 11 is 5.95. The van der Waals surface area contributed by atoms with Gasteiger partial charge in [0.25, 0.3) is 0 Å². The predicted octanol–water partition coefficient (Wildman–Crippen LogP) is 4.44. The Morgan fingerprint density at radius 3 is 2.39 bits per heavy atom. The highest BCUT2D eigenvalue weighted by Gasteiger charge is 2.36. The van der Waals surface area contributed by atoms with Crippen LogP contribution in [0.1, 0.15) is 45.1 Å². The second-order valence-electron chi connectivity index (χ2n) is 5.80. The molecular formula is C16H24ClN. The van der Waals surface area contributed by atoms with Crippen LogP contribution < -0.4 is 5.32 Å². The highest BCUT2D eigenvalue weighted by Crippen LogP contribution is 2.41. The second kappa shape index (κ2) is 6.08. The third kappa shape index (κ3) is 3.27. The van der Waals surface area contributed by atoms with E-state index in [2.05, 4.69) is 31.3 Å². The minimum Gasteiger partial charge on any atom is -0.313 e. The SMILES string of the molecule is CCNC(Cc1ccc(Cl)cc1)C1(C)CCCC1. The van der Waals surface area contributed by atoms with Gasteiger partial charge in [0.05, 0.1) is 0 Å². The van der Waals surface area contributed by atoms with Crippen molar-refractivity contribution in [2.45, 2.75) is 52.0 Å². The van der Waals surface area contributed by atoms with E-state index in [0.717, 1.165) is 18.0 Å². The quantitative estimate of drug-likeness (QED) is 0.830. The number of hydrogen-bond donors (Lipinski definition) is 1. The molecule has 0 aromatic heterocycles. The van der Waals surface area contributed by atoms with E-state index in [1.807, 2.05) is 12.1 Å². The van der Waals surface area contributed by atoms with Crippen LogP contribution in [0.25, 0.3) is 0 Å². The van der Waals surface area contributed by atoms with Crippen LogP contribution in [0, 0.1) is 5.41 Å². The maximum absolute atomic E-state index is 5.95. The Kier molecular flexibility index (Phi) is 4.69. The molecule has 0 amide bonds. The molecule has 0 aliphatic heterocycles. The summed E-state index contributed by atoms with van der Waals surface area (Å²) in [7, 11) is 0. The topological polar surface area (TPSA) is 12.0 Å². The Hall–Kier alpha value is -0.530. The minimum atomic E-state index is 0.468. The second-order valence-corrected chi connectivity index (χ2v) is 6.24. The molecule has 2 heteroatoms. The first kappa shape index (κ1) is 13.9. The van der Waals surface area contributed by atoms with Crippen molar-refractivity contribution in [3.63, 3.8) is 0 Å². The molecule has 1 atom stereocenters. The molecule has 0 radical (unpaired) electrons. The lowest BCUT2D eigenvalue weighted by Gasteiger charge is -2.35. The van der Waals surface area contributed by atoms with E-state index < -0.39 is 0 Å². The summed E-state index contributed by atoms with van der Waals surface area (Å²) in [5, 5.41) is 4.52. The number of nitrogens with one attached hydrogen (secondary N) is 1. The largest absolute Gasteiger partial charge is 0.313 e. The van der Waals surface area contributed by atoms with Gasteiger partial charge < -0.3 is 5.32 Å². The van der Waals surface area contributed by atoms with Crippen LogP contribution in [-0.2, 0) is 6.42 Å². The molecule has 1 saturated carbocycles. The number of benzene rings is 1. The minimum absolute atomic E-state index is 0.468. The molecule has 1 nitrogen and oxygen atoms in total. The highest BCUT2D eigenvalue weighted by molar-refractivity contribution is 6.30. The first-order valence-electron chi connectivity index (χ1n) is 7.12. The maximum Gasteiger partial charge on any atom is 0.0406 e. The summed E-state index contributed by atoms with van der Waals surface area (Å²) in [6.07, 6.45) is 6.61. The average Bonchev–Trinajstić information content (AvgIpc) is 2.80. The summed E-state index contributed by atoms with van der Waals surface area (Å²) in [6, 6.07) is 8.90. The first-order valence-corrected chi connectivity index (χ1v) is 7.50. The summed E-state index contributed by atoms with van der Waals surface area (Å²) in [6.45, 7) is 5.70. The first-order chi connectivity index (χ1) is 8.64. The fraction of sp³-hybridized carbons (Fsp3) is 0.625. The van der Waals surface area contributed by atoms with Crippen molar-refractivity contribution in [2.75, 3.05) is 6.54 Å². The van der Waals surface area contributed by atoms with E-state index in [1.165, 1.54) is 31.2 Å². The van der Waals surface area contributed by atoms with Crippen LogP contribution >= 0.6 is 11.6 Å². The van der Waals surface area contributed by atoms with Crippen molar-refractivity contribution in [3.8, 4) is 0 Å². The van der Waals surface area contributed by atoms with Gasteiger partial charge in [-0.3, -0.25) is 0 Å². The average molecular weight is 266 g/mol. The van der Waals surface area contributed by atoms with E-state index in [-0.39, 0.29) is 0 Å². The zero-order chi connectivity index (χ0) is 13.0. The van der Waals surface area contributed by atoms with Gasteiger partial charge in [0.15, 0.2) is 0 Å². The van der Waals surface area contributed by atoms with Gasteiger partial charge >= 0.3 is 0 Å². The molecule has 1 N–H and O–H groups in total. The van der Waals surface area contributed by atoms with Gasteiger partial charge in [-0.15, -0.1) is 0 Å². The normalized spacial score (nSPS) is 19.9. The monoisotopic (exact) mass is 265 g/mol. The molecule has 1 aromatic rings. The van der Waals surface area contributed by atoms with Gasteiger partial charge in [-0.2, -0.15) is 0 Å². The van der Waals surface area contributed by atoms with Crippen LogP contribution in [0.2, 0.25) is 5.02 Å². The number of likely N-dealkylation sites (N-methyl/N-ethyl adjacent to an activating group) is 1. The molecule has 0 spiro atoms. The van der Waals surface area contributed by atoms with Gasteiger partial charge in [0, 0.05) is 11.1 Å². The van der Waals surface area contributed by atoms with Crippen molar-refractivity contribution in [1.82, 2.24) is 5.32 Å². The maximum atomic E-state index is 5.95. The molecule has 1 aliphatic rings. The van der Waals surface area contributed by atoms with Crippen LogP contribution in [0.3, 0.4) is 0 Å². The Bertz CT molecular complexity index is 365. The zero-order valence-electron chi connectivity index (χ0n) is 11.5. The predicted molar refractivity (Wildman–Crippen MR) is 79.2 cm³/mol. The van der Waals surface area contributed by atoms with E-state index >= 15 is 0 Å². The Morgan fingerprint density at radius 1 is 1.22 bits per heavy atom. The summed E-state index contributed by atoms with van der Waals surface area (Å²) in [4.78, 5) is 0. The van der Waals surface area contributed by atoms with Gasteiger partial charge in [0.1, 0.15) is 0 Å². The molecule has 1 aromatic carbocycles. The van der Waals surface area contributed by atoms with E-state index in [1.54, 1.807) is 0 Å². The number of rotatable bonds is 5. The van der Waals surface area contributed by atoms with E-state index in [4.69, 9.17) is 11.6 Å². The third-order valence-electron chi connectivity index (χ3n) is 4.39. The Labute approximate surface area is 116 Å². The lowest BCUT2D eigenvalue weighted by atomic mass is 9.78. The number of hydrogen-bond acceptors (Lipinski definition) is 1.